The van der Waals surface area contributed by atoms with E-state index >= 15 is 0 Å². The number of aromatic nitrogens is 1. The van der Waals surface area contributed by atoms with Gasteiger partial charge in [-0.25, -0.2) is 0 Å². The minimum absolute atomic E-state index is 0.969. The Morgan fingerprint density at radius 3 is 1.92 bits per heavy atom. The van der Waals surface area contributed by atoms with Crippen LogP contribution in [0, 0.1) is 0 Å². The Balaban J connectivity index is 1.59. The summed E-state index contributed by atoms with van der Waals surface area (Å²) in [6, 6.07) is 35.1. The van der Waals surface area contributed by atoms with Crippen molar-refractivity contribution in [3.8, 4) is 0 Å². The van der Waals surface area contributed by atoms with Crippen LogP contribution in [0.4, 0.5) is 17.1 Å². The minimum Gasteiger partial charge on any atom is -0.310 e. The lowest BCUT2D eigenvalue weighted by atomic mass is 10.0. The van der Waals surface area contributed by atoms with Gasteiger partial charge in [-0.1, -0.05) is 92.0 Å². The van der Waals surface area contributed by atoms with Crippen molar-refractivity contribution in [3.63, 3.8) is 0 Å². The molecule has 0 N–H and O–H groups in total. The van der Waals surface area contributed by atoms with Crippen molar-refractivity contribution in [2.75, 3.05) is 4.90 Å². The van der Waals surface area contributed by atoms with Gasteiger partial charge in [0.05, 0.1) is 0 Å². The molecule has 0 aliphatic carbocycles. The standard InChI is InChI=1S/C33H29N2PS2/c1-3-24-11-5-7-13-28(24)35(29-14-8-6-12-25(29)4-2)26-17-18-31-33(23-26)38-32-16-10-9-15-30(32)36(31,37)27-19-21-34-22-20-27/h5-23H,3-4H2,1-2H3. The number of pyridine rings is 1. The first-order valence-corrected chi connectivity index (χ1v) is 16.7. The Bertz CT molecular complexity index is 1620. The van der Waals surface area contributed by atoms with Gasteiger partial charge in [0.1, 0.15) is 0 Å². The van der Waals surface area contributed by atoms with Crippen LogP contribution in [0.5, 0.6) is 0 Å². The van der Waals surface area contributed by atoms with Crippen LogP contribution in [0.3, 0.4) is 0 Å². The van der Waals surface area contributed by atoms with E-state index < -0.39 is 6.04 Å². The molecule has 2 heterocycles. The van der Waals surface area contributed by atoms with Crippen LogP contribution in [0.1, 0.15) is 25.0 Å². The highest BCUT2D eigenvalue weighted by molar-refractivity contribution is 8.26. The molecule has 0 amide bonds. The first-order chi connectivity index (χ1) is 18.6. The molecule has 5 aromatic rings. The normalized spacial score (nSPS) is 15.9. The number of hydrogen-bond acceptors (Lipinski definition) is 4. The quantitative estimate of drug-likeness (QED) is 0.197. The number of anilines is 3. The topological polar surface area (TPSA) is 16.1 Å². The molecule has 1 aromatic heterocycles. The number of para-hydroxylation sites is 2. The number of aryl methyl sites for hydroxylation is 2. The molecular weight excluding hydrogens is 519 g/mol. The van der Waals surface area contributed by atoms with Crippen molar-refractivity contribution < 1.29 is 0 Å². The molecule has 5 heteroatoms. The van der Waals surface area contributed by atoms with E-state index in [9.17, 15) is 0 Å². The molecule has 0 fully saturated rings. The molecule has 188 valence electrons. The number of benzene rings is 4. The van der Waals surface area contributed by atoms with E-state index in [1.165, 1.54) is 48.2 Å². The van der Waals surface area contributed by atoms with E-state index in [4.69, 9.17) is 11.8 Å². The van der Waals surface area contributed by atoms with E-state index in [2.05, 4.69) is 127 Å². The summed E-state index contributed by atoms with van der Waals surface area (Å²) in [6.07, 6.45) is 5.67. The summed E-state index contributed by atoms with van der Waals surface area (Å²) in [4.78, 5) is 9.22. The molecule has 0 spiro atoms. The zero-order chi connectivity index (χ0) is 26.1. The third-order valence-electron chi connectivity index (χ3n) is 7.22. The summed E-state index contributed by atoms with van der Waals surface area (Å²) < 4.78 is 0. The monoisotopic (exact) mass is 548 g/mol. The second-order valence-electron chi connectivity index (χ2n) is 9.34. The predicted molar refractivity (Wildman–Crippen MR) is 168 cm³/mol. The maximum Gasteiger partial charge on any atom is 0.0493 e. The van der Waals surface area contributed by atoms with Crippen molar-refractivity contribution in [2.45, 2.75) is 36.5 Å². The van der Waals surface area contributed by atoms with Gasteiger partial charge < -0.3 is 4.90 Å². The third kappa shape index (κ3) is 4.22. The number of nitrogens with zero attached hydrogens (tertiary/aromatic N) is 2. The first kappa shape index (κ1) is 25.1. The molecule has 1 aliphatic rings. The molecule has 1 aliphatic heterocycles. The fraction of sp³-hybridized carbons (Fsp3) is 0.121. The average molecular weight is 549 g/mol. The van der Waals surface area contributed by atoms with Crippen LogP contribution in [0.25, 0.3) is 0 Å². The molecule has 0 saturated carbocycles. The lowest BCUT2D eigenvalue weighted by Gasteiger charge is -2.34. The molecule has 6 rings (SSSR count). The van der Waals surface area contributed by atoms with Crippen molar-refractivity contribution in [3.05, 3.63) is 127 Å². The Morgan fingerprint density at radius 1 is 0.684 bits per heavy atom. The Hall–Kier alpha value is -3.17. The summed E-state index contributed by atoms with van der Waals surface area (Å²) in [7, 11) is 0. The van der Waals surface area contributed by atoms with E-state index in [0.717, 1.165) is 18.5 Å². The molecule has 38 heavy (non-hydrogen) atoms. The molecule has 0 radical (unpaired) electrons. The van der Waals surface area contributed by atoms with Crippen molar-refractivity contribution in [1.29, 1.82) is 0 Å². The first-order valence-electron chi connectivity index (χ1n) is 13.0. The highest BCUT2D eigenvalue weighted by Crippen LogP contribution is 2.53. The second kappa shape index (κ2) is 10.5. The average Bonchev–Trinajstić information content (AvgIpc) is 2.98. The van der Waals surface area contributed by atoms with E-state index in [1.807, 2.05) is 24.2 Å². The Kier molecular flexibility index (Phi) is 6.97. The van der Waals surface area contributed by atoms with Crippen molar-refractivity contribution in [1.82, 2.24) is 4.98 Å². The minimum atomic E-state index is -2.22. The highest BCUT2D eigenvalue weighted by Gasteiger charge is 2.34. The fourth-order valence-electron chi connectivity index (χ4n) is 5.33. The maximum absolute atomic E-state index is 6.66. The summed E-state index contributed by atoms with van der Waals surface area (Å²) in [5.74, 6) is 0. The van der Waals surface area contributed by atoms with Gasteiger partial charge in [0, 0.05) is 55.9 Å². The lowest BCUT2D eigenvalue weighted by Crippen LogP contribution is -2.30. The van der Waals surface area contributed by atoms with Crippen molar-refractivity contribution in [2.24, 2.45) is 0 Å². The van der Waals surface area contributed by atoms with Gasteiger partial charge in [-0.2, -0.15) is 0 Å². The Morgan fingerprint density at radius 2 is 1.26 bits per heavy atom. The molecule has 2 nitrogen and oxygen atoms in total. The van der Waals surface area contributed by atoms with E-state index in [0.29, 0.717) is 0 Å². The molecule has 0 saturated heterocycles. The summed E-state index contributed by atoms with van der Waals surface area (Å²) in [5, 5.41) is 3.73. The number of rotatable bonds is 6. The van der Waals surface area contributed by atoms with Gasteiger partial charge in [-0.15, -0.1) is 0 Å². The molecular formula is C33H29N2PS2. The van der Waals surface area contributed by atoms with Gasteiger partial charge in [-0.05, 0) is 77.8 Å². The van der Waals surface area contributed by atoms with E-state index in [-0.39, 0.29) is 0 Å². The number of hydrogen-bond donors (Lipinski definition) is 0. The van der Waals surface area contributed by atoms with Crippen LogP contribution in [0.15, 0.2) is 125 Å². The largest absolute Gasteiger partial charge is 0.310 e. The fourth-order valence-corrected chi connectivity index (χ4v) is 11.7. The van der Waals surface area contributed by atoms with E-state index in [1.54, 1.807) is 0 Å². The molecule has 0 bridgehead atoms. The van der Waals surface area contributed by atoms with Crippen molar-refractivity contribution >= 4 is 62.6 Å². The highest BCUT2D eigenvalue weighted by atomic mass is 32.4. The van der Waals surface area contributed by atoms with Crippen LogP contribution < -0.4 is 20.8 Å². The summed E-state index contributed by atoms with van der Waals surface area (Å²) >= 11 is 8.50. The zero-order valence-electron chi connectivity index (χ0n) is 21.5. The van der Waals surface area contributed by atoms with Crippen LogP contribution in [-0.4, -0.2) is 4.98 Å². The predicted octanol–water partition coefficient (Wildman–Crippen LogP) is 7.90. The third-order valence-corrected chi connectivity index (χ3v) is 13.6. The molecule has 1 atom stereocenters. The molecule has 4 aromatic carbocycles. The van der Waals surface area contributed by atoms with Gasteiger partial charge in [0.25, 0.3) is 0 Å². The summed E-state index contributed by atoms with van der Waals surface area (Å²) in [5.41, 5.74) is 6.28. The van der Waals surface area contributed by atoms with Gasteiger partial charge in [0.2, 0.25) is 0 Å². The Labute approximate surface area is 234 Å². The van der Waals surface area contributed by atoms with Crippen LogP contribution in [-0.2, 0) is 24.6 Å². The SMILES string of the molecule is CCc1ccccc1N(c1ccc2c(c1)Sc1ccccc1P2(=S)c1ccncc1)c1ccccc1CC. The smallest absolute Gasteiger partial charge is 0.0493 e. The van der Waals surface area contributed by atoms with Gasteiger partial charge in [-0.3, -0.25) is 4.98 Å². The van der Waals surface area contributed by atoms with Gasteiger partial charge in [0.15, 0.2) is 0 Å². The molecule has 1 unspecified atom stereocenters. The maximum atomic E-state index is 6.66. The van der Waals surface area contributed by atoms with Gasteiger partial charge >= 0.3 is 0 Å². The zero-order valence-corrected chi connectivity index (χ0v) is 24.1. The lowest BCUT2D eigenvalue weighted by molar-refractivity contribution is 1.08. The van der Waals surface area contributed by atoms with Crippen LogP contribution in [0.2, 0.25) is 0 Å². The van der Waals surface area contributed by atoms with Crippen LogP contribution >= 0.6 is 17.8 Å². The summed E-state index contributed by atoms with van der Waals surface area (Å²) in [6.45, 7) is 4.46. The number of fused-ring (bicyclic) bond motifs is 2. The second-order valence-corrected chi connectivity index (χ2v) is 14.8.